The quantitative estimate of drug-likeness (QED) is 0.879. The van der Waals surface area contributed by atoms with Crippen LogP contribution in [-0.4, -0.2) is 18.4 Å². The fourth-order valence-electron chi connectivity index (χ4n) is 2.16. The Bertz CT molecular complexity index is 680. The summed E-state index contributed by atoms with van der Waals surface area (Å²) in [5.74, 6) is -1.31. The summed E-state index contributed by atoms with van der Waals surface area (Å²) in [7, 11) is 0. The number of hydrogen-bond donors (Lipinski definition) is 2. The number of hydrogen-bond acceptors (Lipinski definition) is 3. The molecule has 102 valence electrons. The van der Waals surface area contributed by atoms with Crippen molar-refractivity contribution in [1.29, 1.82) is 0 Å². The Morgan fingerprint density at radius 2 is 2.20 bits per heavy atom. The van der Waals surface area contributed by atoms with Gasteiger partial charge in [0.2, 0.25) is 0 Å². The van der Waals surface area contributed by atoms with E-state index in [0.717, 1.165) is 0 Å². The molecule has 1 aliphatic heterocycles. The topological polar surface area (TPSA) is 71.3 Å². The molecule has 2 N–H and O–H groups in total. The SMILES string of the molecule is O=C(Nc1ccc2c(c1F)CCNC2=O)c1ccco1. The van der Waals surface area contributed by atoms with Gasteiger partial charge in [0, 0.05) is 17.7 Å². The van der Waals surface area contributed by atoms with E-state index in [-0.39, 0.29) is 17.4 Å². The van der Waals surface area contributed by atoms with Crippen molar-refractivity contribution >= 4 is 17.5 Å². The first-order valence-corrected chi connectivity index (χ1v) is 6.11. The van der Waals surface area contributed by atoms with Gasteiger partial charge >= 0.3 is 0 Å². The zero-order valence-electron chi connectivity index (χ0n) is 10.4. The third-order valence-electron chi connectivity index (χ3n) is 3.14. The van der Waals surface area contributed by atoms with E-state index < -0.39 is 11.7 Å². The Morgan fingerprint density at radius 1 is 1.35 bits per heavy atom. The second-order valence-corrected chi connectivity index (χ2v) is 4.39. The third kappa shape index (κ3) is 2.05. The maximum absolute atomic E-state index is 14.3. The van der Waals surface area contributed by atoms with Gasteiger partial charge in [-0.3, -0.25) is 9.59 Å². The van der Waals surface area contributed by atoms with Gasteiger partial charge in [-0.05, 0) is 30.7 Å². The van der Waals surface area contributed by atoms with Crippen molar-refractivity contribution in [1.82, 2.24) is 5.32 Å². The van der Waals surface area contributed by atoms with Crippen LogP contribution >= 0.6 is 0 Å². The monoisotopic (exact) mass is 274 g/mol. The van der Waals surface area contributed by atoms with Crippen molar-refractivity contribution < 1.29 is 18.4 Å². The summed E-state index contributed by atoms with van der Waals surface area (Å²) in [6.07, 6.45) is 1.76. The highest BCUT2D eigenvalue weighted by Crippen LogP contribution is 2.25. The Labute approximate surface area is 113 Å². The molecule has 2 heterocycles. The lowest BCUT2D eigenvalue weighted by molar-refractivity contribution is 0.0944. The third-order valence-corrected chi connectivity index (χ3v) is 3.14. The molecule has 2 aromatic rings. The van der Waals surface area contributed by atoms with Crippen LogP contribution in [0, 0.1) is 5.82 Å². The van der Waals surface area contributed by atoms with Crippen LogP contribution in [0.3, 0.4) is 0 Å². The van der Waals surface area contributed by atoms with Crippen LogP contribution in [0.25, 0.3) is 0 Å². The lowest BCUT2D eigenvalue weighted by Gasteiger charge is -2.18. The van der Waals surface area contributed by atoms with Crippen LogP contribution in [0.15, 0.2) is 34.9 Å². The molecule has 0 fully saturated rings. The highest BCUT2D eigenvalue weighted by atomic mass is 19.1. The van der Waals surface area contributed by atoms with Gasteiger partial charge in [0.1, 0.15) is 0 Å². The fraction of sp³-hybridized carbons (Fsp3) is 0.143. The van der Waals surface area contributed by atoms with Crippen LogP contribution in [0.4, 0.5) is 10.1 Å². The summed E-state index contributed by atoms with van der Waals surface area (Å²) >= 11 is 0. The number of nitrogens with one attached hydrogen (secondary N) is 2. The number of rotatable bonds is 2. The number of furan rings is 1. The van der Waals surface area contributed by atoms with Crippen LogP contribution in [-0.2, 0) is 6.42 Å². The van der Waals surface area contributed by atoms with E-state index in [2.05, 4.69) is 10.6 Å². The van der Waals surface area contributed by atoms with Crippen molar-refractivity contribution in [2.75, 3.05) is 11.9 Å². The van der Waals surface area contributed by atoms with Crippen LogP contribution in [0.5, 0.6) is 0 Å². The van der Waals surface area contributed by atoms with Crippen LogP contribution < -0.4 is 10.6 Å². The van der Waals surface area contributed by atoms with Crippen molar-refractivity contribution in [3.8, 4) is 0 Å². The normalized spacial score (nSPS) is 13.6. The Balaban J connectivity index is 1.92. The van der Waals surface area contributed by atoms with E-state index in [9.17, 15) is 14.0 Å². The molecule has 2 amide bonds. The van der Waals surface area contributed by atoms with E-state index in [1.54, 1.807) is 6.07 Å². The van der Waals surface area contributed by atoms with Gasteiger partial charge in [0.15, 0.2) is 11.6 Å². The average Bonchev–Trinajstić information content (AvgIpc) is 2.97. The predicted molar refractivity (Wildman–Crippen MR) is 69.1 cm³/mol. The van der Waals surface area contributed by atoms with E-state index in [1.807, 2.05) is 0 Å². The number of anilines is 1. The fourth-order valence-corrected chi connectivity index (χ4v) is 2.16. The molecule has 3 rings (SSSR count). The number of carbonyl (C=O) groups excluding carboxylic acids is 2. The number of benzene rings is 1. The first-order chi connectivity index (χ1) is 9.66. The minimum absolute atomic E-state index is 0.0415. The Hall–Kier alpha value is -2.63. The van der Waals surface area contributed by atoms with Crippen molar-refractivity contribution in [3.63, 3.8) is 0 Å². The van der Waals surface area contributed by atoms with Gasteiger partial charge in [-0.1, -0.05) is 0 Å². The molecule has 0 saturated carbocycles. The highest BCUT2D eigenvalue weighted by Gasteiger charge is 2.23. The predicted octanol–water partition coefficient (Wildman–Crippen LogP) is 1.96. The summed E-state index contributed by atoms with van der Waals surface area (Å²) in [5, 5.41) is 5.08. The number of halogens is 1. The lowest BCUT2D eigenvalue weighted by atomic mass is 9.99. The molecule has 5 nitrogen and oxygen atoms in total. The molecule has 1 aromatic carbocycles. The molecule has 20 heavy (non-hydrogen) atoms. The summed E-state index contributed by atoms with van der Waals surface area (Å²) in [6.45, 7) is 0.387. The summed E-state index contributed by atoms with van der Waals surface area (Å²) in [4.78, 5) is 23.4. The molecule has 1 aliphatic rings. The van der Waals surface area contributed by atoms with Crippen LogP contribution in [0.2, 0.25) is 0 Å². The number of fused-ring (bicyclic) bond motifs is 1. The minimum Gasteiger partial charge on any atom is -0.459 e. The van der Waals surface area contributed by atoms with E-state index in [4.69, 9.17) is 4.42 Å². The average molecular weight is 274 g/mol. The first-order valence-electron chi connectivity index (χ1n) is 6.11. The van der Waals surface area contributed by atoms with Gasteiger partial charge in [0.25, 0.3) is 11.8 Å². The minimum atomic E-state index is -0.572. The van der Waals surface area contributed by atoms with Gasteiger partial charge in [0.05, 0.1) is 12.0 Å². The maximum Gasteiger partial charge on any atom is 0.291 e. The molecule has 0 atom stereocenters. The maximum atomic E-state index is 14.3. The molecule has 0 bridgehead atoms. The standard InChI is InChI=1S/C14H11FN2O3/c15-12-8-5-6-16-13(18)9(8)3-4-10(12)17-14(19)11-2-1-7-20-11/h1-4,7H,5-6H2,(H,16,18)(H,17,19). The van der Waals surface area contributed by atoms with Crippen LogP contribution in [0.1, 0.15) is 26.5 Å². The molecule has 0 unspecified atom stereocenters. The second kappa shape index (κ2) is 4.80. The summed E-state index contributed by atoms with van der Waals surface area (Å²) < 4.78 is 19.2. The molecular formula is C14H11FN2O3. The van der Waals surface area contributed by atoms with Gasteiger partial charge in [-0.25, -0.2) is 4.39 Å². The molecular weight excluding hydrogens is 263 g/mol. The van der Waals surface area contributed by atoms with E-state index >= 15 is 0 Å². The molecule has 0 aliphatic carbocycles. The highest BCUT2D eigenvalue weighted by molar-refractivity contribution is 6.03. The largest absolute Gasteiger partial charge is 0.459 e. The van der Waals surface area contributed by atoms with Crippen molar-refractivity contribution in [3.05, 3.63) is 53.2 Å². The van der Waals surface area contributed by atoms with E-state index in [0.29, 0.717) is 24.1 Å². The van der Waals surface area contributed by atoms with Gasteiger partial charge in [-0.2, -0.15) is 0 Å². The van der Waals surface area contributed by atoms with Crippen molar-refractivity contribution in [2.24, 2.45) is 0 Å². The molecule has 1 aromatic heterocycles. The second-order valence-electron chi connectivity index (χ2n) is 4.39. The zero-order valence-corrected chi connectivity index (χ0v) is 10.4. The van der Waals surface area contributed by atoms with Gasteiger partial charge < -0.3 is 15.1 Å². The smallest absolute Gasteiger partial charge is 0.291 e. The number of amides is 2. The zero-order chi connectivity index (χ0) is 14.1. The number of carbonyl (C=O) groups is 2. The molecule has 0 spiro atoms. The van der Waals surface area contributed by atoms with E-state index in [1.165, 1.54) is 24.5 Å². The molecule has 0 saturated heterocycles. The molecule has 0 radical (unpaired) electrons. The summed E-state index contributed by atoms with van der Waals surface area (Å²) in [6, 6.07) is 5.94. The van der Waals surface area contributed by atoms with Gasteiger partial charge in [-0.15, -0.1) is 0 Å². The lowest BCUT2D eigenvalue weighted by Crippen LogP contribution is -2.32. The molecule has 6 heteroatoms. The summed E-state index contributed by atoms with van der Waals surface area (Å²) in [5.41, 5.74) is 0.676. The first kappa shape index (κ1) is 12.4. The Morgan fingerprint density at radius 3 is 2.95 bits per heavy atom. The van der Waals surface area contributed by atoms with Crippen molar-refractivity contribution in [2.45, 2.75) is 6.42 Å². The Kier molecular flexibility index (Phi) is 2.98.